The molecular formula is C22H20N2O7S. The molecule has 2 aromatic rings. The number of thioether (sulfide) groups is 1. The number of aliphatic hydroxyl groups excluding tert-OH is 1. The molecule has 0 aromatic heterocycles. The van der Waals surface area contributed by atoms with Gasteiger partial charge in [-0.3, -0.25) is 10.1 Å². The maximum atomic E-state index is 12.5. The van der Waals surface area contributed by atoms with E-state index in [-0.39, 0.29) is 28.7 Å². The molecule has 0 fully saturated rings. The van der Waals surface area contributed by atoms with Crippen LogP contribution in [0.1, 0.15) is 12.5 Å². The quantitative estimate of drug-likeness (QED) is 0.358. The first kappa shape index (κ1) is 22.9. The van der Waals surface area contributed by atoms with Crippen molar-refractivity contribution in [1.29, 1.82) is 0 Å². The number of rotatable bonds is 7. The molecule has 1 aliphatic rings. The standard InChI is InChI=1S/C22H20N2O7S/c1-4-31-22(26)18-19(25)17(12-13-6-5-7-16(29-2)20(13)30-3)32-21(18)23-14-8-10-15(11-9-14)24(27)28/h5-12,25H,4H2,1-3H3/b17-12-,23-21?. The highest BCUT2D eigenvalue weighted by atomic mass is 32.2. The van der Waals surface area contributed by atoms with E-state index in [4.69, 9.17) is 14.2 Å². The van der Waals surface area contributed by atoms with E-state index in [1.165, 1.54) is 38.5 Å². The first-order valence-electron chi connectivity index (χ1n) is 9.44. The average molecular weight is 456 g/mol. The summed E-state index contributed by atoms with van der Waals surface area (Å²) in [4.78, 5) is 27.6. The Bertz CT molecular complexity index is 1140. The lowest BCUT2D eigenvalue weighted by atomic mass is 10.1. The van der Waals surface area contributed by atoms with Crippen molar-refractivity contribution in [3.05, 3.63) is 74.4 Å². The Balaban J connectivity index is 2.07. The van der Waals surface area contributed by atoms with Gasteiger partial charge in [-0.15, -0.1) is 0 Å². The molecule has 1 N–H and O–H groups in total. The molecule has 0 spiro atoms. The number of benzene rings is 2. The molecule has 0 radical (unpaired) electrons. The average Bonchev–Trinajstić information content (AvgIpc) is 3.08. The number of carbonyl (C=O) groups excluding carboxylic acids is 1. The van der Waals surface area contributed by atoms with Gasteiger partial charge in [0.25, 0.3) is 5.69 Å². The molecule has 0 atom stereocenters. The summed E-state index contributed by atoms with van der Waals surface area (Å²) in [6.07, 6.45) is 1.65. The van der Waals surface area contributed by atoms with E-state index in [2.05, 4.69) is 4.99 Å². The van der Waals surface area contributed by atoms with Crippen LogP contribution in [-0.2, 0) is 9.53 Å². The van der Waals surface area contributed by atoms with E-state index in [1.807, 2.05) is 0 Å². The van der Waals surface area contributed by atoms with Crippen LogP contribution in [0.15, 0.2) is 63.7 Å². The molecule has 0 aliphatic carbocycles. The number of esters is 1. The Labute approximate surface area is 188 Å². The summed E-state index contributed by atoms with van der Waals surface area (Å²) in [5.41, 5.74) is 0.847. The van der Waals surface area contributed by atoms with Crippen molar-refractivity contribution in [2.24, 2.45) is 4.99 Å². The molecule has 0 bridgehead atoms. The number of hydrogen-bond acceptors (Lipinski definition) is 9. The SMILES string of the molecule is CCOC(=O)C1=C(O)/C(=C/c2cccc(OC)c2OC)SC1=Nc1ccc([N+](=O)[O-])cc1. The lowest BCUT2D eigenvalue weighted by molar-refractivity contribution is -0.384. The molecule has 1 aliphatic heterocycles. The van der Waals surface area contributed by atoms with E-state index in [1.54, 1.807) is 31.2 Å². The van der Waals surface area contributed by atoms with Crippen LogP contribution in [0.25, 0.3) is 6.08 Å². The van der Waals surface area contributed by atoms with Gasteiger partial charge in [-0.25, -0.2) is 9.79 Å². The van der Waals surface area contributed by atoms with Crippen molar-refractivity contribution in [2.45, 2.75) is 6.92 Å². The maximum absolute atomic E-state index is 12.5. The summed E-state index contributed by atoms with van der Waals surface area (Å²) < 4.78 is 15.8. The third-order valence-corrected chi connectivity index (χ3v) is 5.40. The smallest absolute Gasteiger partial charge is 0.344 e. The van der Waals surface area contributed by atoms with Crippen LogP contribution >= 0.6 is 11.8 Å². The number of non-ortho nitro benzene ring substituents is 1. The Morgan fingerprint density at radius 3 is 2.50 bits per heavy atom. The third kappa shape index (κ3) is 4.75. The van der Waals surface area contributed by atoms with Crippen LogP contribution < -0.4 is 9.47 Å². The minimum absolute atomic E-state index is 0.0803. The van der Waals surface area contributed by atoms with Crippen LogP contribution in [0, 0.1) is 10.1 Å². The van der Waals surface area contributed by atoms with Crippen molar-refractivity contribution in [1.82, 2.24) is 0 Å². The van der Waals surface area contributed by atoms with Gasteiger partial charge in [-0.05, 0) is 31.2 Å². The Kier molecular flexibility index (Phi) is 7.16. The topological polar surface area (TPSA) is 120 Å². The predicted octanol–water partition coefficient (Wildman–Crippen LogP) is 4.81. The van der Waals surface area contributed by atoms with Gasteiger partial charge in [-0.1, -0.05) is 23.9 Å². The predicted molar refractivity (Wildman–Crippen MR) is 122 cm³/mol. The molecule has 0 saturated carbocycles. The first-order valence-corrected chi connectivity index (χ1v) is 10.3. The monoisotopic (exact) mass is 456 g/mol. The number of nitro benzene ring substituents is 1. The lowest BCUT2D eigenvalue weighted by Gasteiger charge is -2.10. The van der Waals surface area contributed by atoms with Gasteiger partial charge in [0.1, 0.15) is 16.4 Å². The molecule has 2 aromatic carbocycles. The molecule has 0 amide bonds. The number of aliphatic hydroxyl groups is 1. The fourth-order valence-electron chi connectivity index (χ4n) is 2.92. The summed E-state index contributed by atoms with van der Waals surface area (Å²) in [5.74, 6) is -0.0220. The van der Waals surface area contributed by atoms with E-state index >= 15 is 0 Å². The Hall–Kier alpha value is -3.79. The van der Waals surface area contributed by atoms with Crippen molar-refractivity contribution in [3.8, 4) is 11.5 Å². The highest BCUT2D eigenvalue weighted by Gasteiger charge is 2.33. The van der Waals surface area contributed by atoms with E-state index in [9.17, 15) is 20.0 Å². The number of nitrogens with zero attached hydrogens (tertiary/aromatic N) is 2. The van der Waals surface area contributed by atoms with Gasteiger partial charge < -0.3 is 19.3 Å². The second kappa shape index (κ2) is 10.0. The number of methoxy groups -OCH3 is 2. The fraction of sp³-hybridized carbons (Fsp3) is 0.182. The minimum atomic E-state index is -0.723. The highest BCUT2D eigenvalue weighted by Crippen LogP contribution is 2.42. The van der Waals surface area contributed by atoms with Crippen LogP contribution in [0.2, 0.25) is 0 Å². The first-order chi connectivity index (χ1) is 15.4. The zero-order valence-electron chi connectivity index (χ0n) is 17.5. The van der Waals surface area contributed by atoms with Crippen molar-refractivity contribution < 1.29 is 29.0 Å². The second-order valence-corrected chi connectivity index (χ2v) is 7.36. The summed E-state index contributed by atoms with van der Waals surface area (Å²) >= 11 is 1.07. The summed E-state index contributed by atoms with van der Waals surface area (Å²) in [6, 6.07) is 10.8. The Morgan fingerprint density at radius 2 is 1.91 bits per heavy atom. The molecular weight excluding hydrogens is 436 g/mol. The Morgan fingerprint density at radius 1 is 1.19 bits per heavy atom. The van der Waals surface area contributed by atoms with Gasteiger partial charge >= 0.3 is 5.97 Å². The minimum Gasteiger partial charge on any atom is -0.506 e. The van der Waals surface area contributed by atoms with E-state index in [0.29, 0.717) is 27.7 Å². The zero-order chi connectivity index (χ0) is 23.3. The van der Waals surface area contributed by atoms with Gasteiger partial charge in [0.15, 0.2) is 11.5 Å². The van der Waals surface area contributed by atoms with Crippen molar-refractivity contribution in [3.63, 3.8) is 0 Å². The van der Waals surface area contributed by atoms with Crippen LogP contribution in [0.5, 0.6) is 11.5 Å². The summed E-state index contributed by atoms with van der Waals surface area (Å²) in [7, 11) is 3.02. The number of nitro groups is 1. The van der Waals surface area contributed by atoms with Crippen molar-refractivity contribution >= 4 is 40.2 Å². The second-order valence-electron chi connectivity index (χ2n) is 6.33. The maximum Gasteiger partial charge on any atom is 0.344 e. The summed E-state index contributed by atoms with van der Waals surface area (Å²) in [5, 5.41) is 21.9. The molecule has 32 heavy (non-hydrogen) atoms. The normalized spacial score (nSPS) is 15.8. The molecule has 10 heteroatoms. The zero-order valence-corrected chi connectivity index (χ0v) is 18.3. The summed E-state index contributed by atoms with van der Waals surface area (Å²) in [6.45, 7) is 1.77. The van der Waals surface area contributed by atoms with Crippen LogP contribution in [-0.4, -0.2) is 41.9 Å². The van der Waals surface area contributed by atoms with Crippen molar-refractivity contribution in [2.75, 3.05) is 20.8 Å². The molecule has 166 valence electrons. The lowest BCUT2D eigenvalue weighted by Crippen LogP contribution is -2.12. The van der Waals surface area contributed by atoms with Gasteiger partial charge in [-0.2, -0.15) is 0 Å². The number of hydrogen-bond donors (Lipinski definition) is 1. The van der Waals surface area contributed by atoms with Crippen LogP contribution in [0.4, 0.5) is 11.4 Å². The van der Waals surface area contributed by atoms with Gasteiger partial charge in [0.05, 0.1) is 36.3 Å². The fourth-order valence-corrected chi connectivity index (χ4v) is 3.95. The number of para-hydroxylation sites is 1. The van der Waals surface area contributed by atoms with E-state index < -0.39 is 10.9 Å². The van der Waals surface area contributed by atoms with Gasteiger partial charge in [0, 0.05) is 17.7 Å². The molecule has 0 unspecified atom stereocenters. The highest BCUT2D eigenvalue weighted by molar-refractivity contribution is 8.18. The van der Waals surface area contributed by atoms with Crippen LogP contribution in [0.3, 0.4) is 0 Å². The molecule has 3 rings (SSSR count). The number of aliphatic imine (C=N–C) groups is 1. The molecule has 9 nitrogen and oxygen atoms in total. The molecule has 1 heterocycles. The largest absolute Gasteiger partial charge is 0.506 e. The third-order valence-electron chi connectivity index (χ3n) is 4.38. The number of ether oxygens (including phenoxy) is 3. The number of carbonyl (C=O) groups is 1. The molecule has 0 saturated heterocycles. The van der Waals surface area contributed by atoms with Gasteiger partial charge in [0.2, 0.25) is 0 Å². The van der Waals surface area contributed by atoms with E-state index in [0.717, 1.165) is 11.8 Å².